The number of carbonyl (C=O) groups is 1. The lowest BCUT2D eigenvalue weighted by Gasteiger charge is -2.36. The summed E-state index contributed by atoms with van der Waals surface area (Å²) in [6.45, 7) is 7.43. The van der Waals surface area contributed by atoms with Crippen molar-refractivity contribution in [2.75, 3.05) is 26.2 Å². The molecule has 1 N–H and O–H groups in total. The number of likely N-dealkylation sites (tertiary alicyclic amines) is 1. The standard InChI is InChI=1S/C30H34N4O2/c1-20-15-25(23-10-11-27-28(17-23)32-21(2)31-27)16-26-19-34(13-14-36-29(20)26)30(35)33-12-6-9-24(18-33)22-7-4-3-5-8-22/h3-5,7-8,15-17,24H,6,9-14,18-19H2,1-2H3,(H,31,32). The number of carbonyl (C=O) groups excluding carboxylic acids is 1. The zero-order valence-corrected chi connectivity index (χ0v) is 21.2. The molecule has 1 atom stereocenters. The van der Waals surface area contributed by atoms with E-state index in [1.165, 1.54) is 22.4 Å². The Morgan fingerprint density at radius 2 is 1.94 bits per heavy atom. The predicted octanol–water partition coefficient (Wildman–Crippen LogP) is 5.71. The fourth-order valence-corrected chi connectivity index (χ4v) is 6.00. The van der Waals surface area contributed by atoms with Gasteiger partial charge in [-0.3, -0.25) is 0 Å². The molecule has 2 aromatic carbocycles. The first-order chi connectivity index (χ1) is 17.5. The smallest absolute Gasteiger partial charge is 0.320 e. The summed E-state index contributed by atoms with van der Waals surface area (Å²) in [5, 5.41) is 0. The molecule has 1 saturated heterocycles. The van der Waals surface area contributed by atoms with Gasteiger partial charge in [0.1, 0.15) is 18.2 Å². The summed E-state index contributed by atoms with van der Waals surface area (Å²) < 4.78 is 6.19. The van der Waals surface area contributed by atoms with Gasteiger partial charge in [0.15, 0.2) is 0 Å². The van der Waals surface area contributed by atoms with Crippen molar-refractivity contribution < 1.29 is 9.53 Å². The first kappa shape index (κ1) is 22.9. The predicted molar refractivity (Wildman–Crippen MR) is 142 cm³/mol. The number of benzene rings is 2. The fourth-order valence-electron chi connectivity index (χ4n) is 6.00. The van der Waals surface area contributed by atoms with E-state index in [1.54, 1.807) is 0 Å². The Balaban J connectivity index is 1.23. The summed E-state index contributed by atoms with van der Waals surface area (Å²) in [5.41, 5.74) is 8.32. The maximum atomic E-state index is 13.7. The van der Waals surface area contributed by atoms with Crippen molar-refractivity contribution in [3.8, 4) is 5.75 Å². The summed E-state index contributed by atoms with van der Waals surface area (Å²) >= 11 is 0. The van der Waals surface area contributed by atoms with Gasteiger partial charge in [-0.1, -0.05) is 30.3 Å². The van der Waals surface area contributed by atoms with Crippen LogP contribution in [0.3, 0.4) is 0 Å². The van der Waals surface area contributed by atoms with Crippen molar-refractivity contribution in [2.45, 2.75) is 52.0 Å². The molecular formula is C30H34N4O2. The molecular weight excluding hydrogens is 448 g/mol. The molecule has 0 bridgehead atoms. The number of H-pyrrole nitrogens is 1. The van der Waals surface area contributed by atoms with Crippen molar-refractivity contribution in [3.63, 3.8) is 0 Å². The highest BCUT2D eigenvalue weighted by molar-refractivity contribution is 5.84. The van der Waals surface area contributed by atoms with E-state index in [0.717, 1.165) is 67.2 Å². The average Bonchev–Trinajstić information content (AvgIpc) is 3.14. The first-order valence-corrected chi connectivity index (χ1v) is 13.2. The maximum absolute atomic E-state index is 13.7. The Morgan fingerprint density at radius 3 is 2.81 bits per heavy atom. The molecule has 6 nitrogen and oxygen atoms in total. The molecule has 0 saturated carbocycles. The average molecular weight is 483 g/mol. The van der Waals surface area contributed by atoms with Crippen LogP contribution in [0.1, 0.15) is 64.6 Å². The second-order valence-corrected chi connectivity index (χ2v) is 10.4. The van der Waals surface area contributed by atoms with Gasteiger partial charge in [-0.25, -0.2) is 9.78 Å². The van der Waals surface area contributed by atoms with Gasteiger partial charge in [-0.05, 0) is 80.0 Å². The summed E-state index contributed by atoms with van der Waals surface area (Å²) in [4.78, 5) is 25.7. The number of aromatic amines is 1. The number of nitrogens with zero attached hydrogens (tertiary/aromatic N) is 3. The lowest BCUT2D eigenvalue weighted by Crippen LogP contribution is -2.47. The maximum Gasteiger partial charge on any atom is 0.320 e. The van der Waals surface area contributed by atoms with Gasteiger partial charge in [-0.2, -0.15) is 0 Å². The Labute approximate surface area is 213 Å². The fraction of sp³-hybridized carbons (Fsp3) is 0.400. The van der Waals surface area contributed by atoms with E-state index in [1.807, 2.05) is 16.7 Å². The molecule has 0 radical (unpaired) electrons. The van der Waals surface area contributed by atoms with E-state index >= 15 is 0 Å². The van der Waals surface area contributed by atoms with Crippen LogP contribution < -0.4 is 4.74 Å². The lowest BCUT2D eigenvalue weighted by molar-refractivity contribution is 0.132. The number of imidazole rings is 1. The topological polar surface area (TPSA) is 61.5 Å². The second kappa shape index (κ2) is 9.49. The van der Waals surface area contributed by atoms with E-state index in [9.17, 15) is 4.79 Å². The third-order valence-electron chi connectivity index (χ3n) is 7.81. The summed E-state index contributed by atoms with van der Waals surface area (Å²) in [7, 11) is 0. The minimum atomic E-state index is 0.128. The van der Waals surface area contributed by atoms with Crippen LogP contribution in [0, 0.1) is 13.8 Å². The summed E-state index contributed by atoms with van der Waals surface area (Å²) in [6, 6.07) is 15.2. The molecule has 1 unspecified atom stereocenters. The zero-order valence-electron chi connectivity index (χ0n) is 21.2. The molecule has 3 heterocycles. The largest absolute Gasteiger partial charge is 0.491 e. The number of allylic oxidation sites excluding steroid dienone is 1. The van der Waals surface area contributed by atoms with Gasteiger partial charge in [0.2, 0.25) is 0 Å². The number of ether oxygens (including phenoxy) is 1. The first-order valence-electron chi connectivity index (χ1n) is 13.2. The number of fused-ring (bicyclic) bond motifs is 2. The highest BCUT2D eigenvalue weighted by Gasteiger charge is 2.30. The molecule has 6 heteroatoms. The molecule has 2 aliphatic heterocycles. The molecule has 2 amide bonds. The number of hydrogen-bond acceptors (Lipinski definition) is 3. The highest BCUT2D eigenvalue weighted by atomic mass is 16.5. The van der Waals surface area contributed by atoms with Gasteiger partial charge < -0.3 is 19.5 Å². The van der Waals surface area contributed by atoms with Gasteiger partial charge in [0.05, 0.1) is 18.8 Å². The highest BCUT2D eigenvalue weighted by Crippen LogP contribution is 2.36. The molecule has 0 spiro atoms. The quantitative estimate of drug-likeness (QED) is 0.509. The monoisotopic (exact) mass is 482 g/mol. The van der Waals surface area contributed by atoms with Gasteiger partial charge >= 0.3 is 6.03 Å². The minimum Gasteiger partial charge on any atom is -0.491 e. The van der Waals surface area contributed by atoms with Crippen LogP contribution in [0.4, 0.5) is 4.79 Å². The van der Waals surface area contributed by atoms with Gasteiger partial charge in [0, 0.05) is 30.3 Å². The Kier molecular flexibility index (Phi) is 6.04. The summed E-state index contributed by atoms with van der Waals surface area (Å²) in [5.74, 6) is 2.30. The molecule has 1 aromatic heterocycles. The van der Waals surface area contributed by atoms with E-state index in [-0.39, 0.29) is 6.03 Å². The molecule has 3 aliphatic rings. The lowest BCUT2D eigenvalue weighted by atomic mass is 9.91. The van der Waals surface area contributed by atoms with Crippen molar-refractivity contribution in [2.24, 2.45) is 0 Å². The number of nitrogens with one attached hydrogen (secondary N) is 1. The number of piperidine rings is 1. The van der Waals surface area contributed by atoms with Crippen molar-refractivity contribution in [3.05, 3.63) is 81.9 Å². The Bertz CT molecular complexity index is 1310. The van der Waals surface area contributed by atoms with Gasteiger partial charge in [0.25, 0.3) is 0 Å². The number of aromatic nitrogens is 2. The third kappa shape index (κ3) is 4.41. The second-order valence-electron chi connectivity index (χ2n) is 10.4. The molecule has 186 valence electrons. The molecule has 36 heavy (non-hydrogen) atoms. The van der Waals surface area contributed by atoms with Crippen LogP contribution in [-0.4, -0.2) is 52.0 Å². The SMILES string of the molecule is Cc1nc2c([nH]1)CCC(c1cc(C)c3c(c1)CN(C(=O)N1CCCC(c4ccccc4)C1)CCO3)=C2. The van der Waals surface area contributed by atoms with Gasteiger partial charge in [-0.15, -0.1) is 0 Å². The van der Waals surface area contributed by atoms with Crippen LogP contribution in [0.15, 0.2) is 42.5 Å². The molecule has 1 aliphatic carbocycles. The number of hydrogen-bond donors (Lipinski definition) is 1. The van der Waals surface area contributed by atoms with Crippen LogP contribution in [0.2, 0.25) is 0 Å². The zero-order chi connectivity index (χ0) is 24.6. The van der Waals surface area contributed by atoms with Crippen molar-refractivity contribution >= 4 is 17.7 Å². The number of amides is 2. The summed E-state index contributed by atoms with van der Waals surface area (Å²) in [6.07, 6.45) is 6.33. The van der Waals surface area contributed by atoms with Crippen LogP contribution >= 0.6 is 0 Å². The number of rotatable bonds is 2. The number of urea groups is 1. The Hall–Kier alpha value is -3.54. The van der Waals surface area contributed by atoms with E-state index < -0.39 is 0 Å². The van der Waals surface area contributed by atoms with Crippen LogP contribution in [0.5, 0.6) is 5.75 Å². The van der Waals surface area contributed by atoms with Crippen molar-refractivity contribution in [1.82, 2.24) is 19.8 Å². The number of aryl methyl sites for hydroxylation is 3. The van der Waals surface area contributed by atoms with E-state index in [4.69, 9.17) is 4.74 Å². The van der Waals surface area contributed by atoms with Crippen LogP contribution in [-0.2, 0) is 13.0 Å². The molecule has 6 rings (SSSR count). The van der Waals surface area contributed by atoms with Crippen LogP contribution in [0.25, 0.3) is 11.6 Å². The minimum absolute atomic E-state index is 0.128. The van der Waals surface area contributed by atoms with Crippen molar-refractivity contribution in [1.29, 1.82) is 0 Å². The Morgan fingerprint density at radius 1 is 1.08 bits per heavy atom. The molecule has 3 aromatic rings. The van der Waals surface area contributed by atoms with E-state index in [2.05, 4.69) is 65.4 Å². The normalized spacial score (nSPS) is 19.6. The molecule has 1 fully saturated rings. The van der Waals surface area contributed by atoms with E-state index in [0.29, 0.717) is 25.6 Å². The third-order valence-corrected chi connectivity index (χ3v) is 7.81.